The van der Waals surface area contributed by atoms with Gasteiger partial charge in [0.25, 0.3) is 0 Å². The number of ether oxygens (including phenoxy) is 3. The monoisotopic (exact) mass is 763 g/mol. The number of carbonyl (C=O) groups excluding carboxylic acids is 3. The fourth-order valence-electron chi connectivity index (χ4n) is 5.16. The van der Waals surface area contributed by atoms with E-state index in [9.17, 15) is 14.4 Å². The first-order valence-corrected chi connectivity index (χ1v) is 17.7. The summed E-state index contributed by atoms with van der Waals surface area (Å²) in [6.07, 6.45) is 0.543. The maximum atomic E-state index is 12.5. The Morgan fingerprint density at radius 2 is 0.796 bits per heavy atom. The van der Waals surface area contributed by atoms with Crippen molar-refractivity contribution in [3.8, 4) is 28.0 Å². The van der Waals surface area contributed by atoms with Gasteiger partial charge in [0, 0.05) is 0 Å². The molecule has 0 saturated heterocycles. The van der Waals surface area contributed by atoms with Crippen LogP contribution in [0.1, 0.15) is 69.9 Å². The number of carbonyl (C=O) groups is 3. The van der Waals surface area contributed by atoms with Gasteiger partial charge in [-0.25, -0.2) is 14.4 Å². The van der Waals surface area contributed by atoms with Crippen LogP contribution in [0, 0.1) is 12.1 Å². The molecule has 0 aliphatic heterocycles. The summed E-state index contributed by atoms with van der Waals surface area (Å²) in [6.45, 7) is 7.32. The standard InChI is InChI=1S/C30H25O4.C16H15O2.Co.O/c1-21(2)33-29(31)27-14-12-24(13-15-27)25-16-18-28(19-17-25)34-30(32)26-10-8-23(9-11-26)20-22-6-4-3-5-7-22;1-12(2)18-16(17)15-10-8-14(9-11-15)13-6-4-3-5-7-13;;/h4-19,21H,20H2,1-2H3;4-12H,1-2H3;;/q2*-1;;. The molecule has 0 radical (unpaired) electrons. The summed E-state index contributed by atoms with van der Waals surface area (Å²) in [4.78, 5) is 36.2. The summed E-state index contributed by atoms with van der Waals surface area (Å²) in [7, 11) is 0. The van der Waals surface area contributed by atoms with Crippen LogP contribution in [0.3, 0.4) is 0 Å². The van der Waals surface area contributed by atoms with Crippen LogP contribution >= 0.6 is 0 Å². The minimum absolute atomic E-state index is 0.0955. The van der Waals surface area contributed by atoms with E-state index in [1.165, 1.54) is 5.56 Å². The van der Waals surface area contributed by atoms with E-state index in [0.717, 1.165) is 34.2 Å². The molecule has 277 valence electrons. The average molecular weight is 764 g/mol. The van der Waals surface area contributed by atoms with Crippen LogP contribution in [0.25, 0.3) is 22.3 Å². The van der Waals surface area contributed by atoms with E-state index >= 15 is 0 Å². The Morgan fingerprint density at radius 1 is 0.463 bits per heavy atom. The molecule has 0 N–H and O–H groups in total. The SMILES string of the molecule is CC(C)OC(=O)c1ccc(-c2cc[c-]cc2)cc1.CC(C)OC(=O)c1ccc(-c2ccc(OC(=O)c3ccc(Cc4cc[c-]cc4)cc3)cc2)cc1.[O]=[Co]. The molecule has 6 aromatic carbocycles. The number of hydrogen-bond acceptors (Lipinski definition) is 7. The Hall–Kier alpha value is -5.96. The zero-order valence-corrected chi connectivity index (χ0v) is 31.5. The van der Waals surface area contributed by atoms with Gasteiger partial charge in [-0.2, -0.15) is 66.2 Å². The molecule has 0 atom stereocenters. The Bertz CT molecular complexity index is 2060. The molecule has 6 aromatic rings. The fraction of sp³-hybridized carbons (Fsp3) is 0.152. The molecular formula is C46H40CoO7-2. The first-order valence-electron chi connectivity index (χ1n) is 17.2. The van der Waals surface area contributed by atoms with Crippen molar-refractivity contribution in [3.05, 3.63) is 186 Å². The third-order valence-electron chi connectivity index (χ3n) is 7.76. The van der Waals surface area contributed by atoms with E-state index in [1.807, 2.05) is 125 Å². The summed E-state index contributed by atoms with van der Waals surface area (Å²) < 4.78 is 23.8. The summed E-state index contributed by atoms with van der Waals surface area (Å²) in [5.74, 6) is -0.550. The van der Waals surface area contributed by atoms with E-state index < -0.39 is 5.97 Å². The molecule has 0 aliphatic rings. The topological polar surface area (TPSA) is 96.0 Å². The van der Waals surface area contributed by atoms with Gasteiger partial charge in [-0.3, -0.25) is 0 Å². The quantitative estimate of drug-likeness (QED) is 0.0779. The van der Waals surface area contributed by atoms with Crippen LogP contribution in [0.4, 0.5) is 0 Å². The average Bonchev–Trinajstić information content (AvgIpc) is 3.20. The van der Waals surface area contributed by atoms with E-state index in [4.69, 9.17) is 18.1 Å². The van der Waals surface area contributed by atoms with Crippen molar-refractivity contribution in [1.82, 2.24) is 0 Å². The Labute approximate surface area is 324 Å². The summed E-state index contributed by atoms with van der Waals surface area (Å²) in [6, 6.07) is 50.9. The maximum absolute atomic E-state index is 12.5. The zero-order valence-electron chi connectivity index (χ0n) is 30.4. The molecule has 0 fully saturated rings. The molecule has 8 heteroatoms. The van der Waals surface area contributed by atoms with E-state index in [2.05, 4.69) is 27.8 Å². The first-order chi connectivity index (χ1) is 26.1. The van der Waals surface area contributed by atoms with Gasteiger partial charge in [-0.15, -0.1) is 5.56 Å². The molecule has 0 unspecified atom stereocenters. The predicted molar refractivity (Wildman–Crippen MR) is 204 cm³/mol. The van der Waals surface area contributed by atoms with Crippen molar-refractivity contribution in [2.45, 2.75) is 46.3 Å². The number of benzene rings is 6. The van der Waals surface area contributed by atoms with Gasteiger partial charge in [0.1, 0.15) is 5.75 Å². The molecule has 0 saturated carbocycles. The Morgan fingerprint density at radius 3 is 1.22 bits per heavy atom. The van der Waals surface area contributed by atoms with Crippen molar-refractivity contribution >= 4 is 17.9 Å². The number of hydrogen-bond donors (Lipinski definition) is 0. The molecular weight excluding hydrogens is 723 g/mol. The van der Waals surface area contributed by atoms with Crippen LogP contribution in [-0.2, 0) is 35.4 Å². The molecule has 0 amide bonds. The molecule has 54 heavy (non-hydrogen) atoms. The second-order valence-corrected chi connectivity index (χ2v) is 12.5. The zero-order chi connectivity index (χ0) is 38.9. The number of rotatable bonds is 10. The van der Waals surface area contributed by atoms with Gasteiger partial charge in [-0.05, 0) is 105 Å². The molecule has 0 heterocycles. The second-order valence-electron chi connectivity index (χ2n) is 12.5. The third-order valence-corrected chi connectivity index (χ3v) is 7.76. The van der Waals surface area contributed by atoms with Crippen molar-refractivity contribution in [1.29, 1.82) is 0 Å². The van der Waals surface area contributed by atoms with Gasteiger partial charge in [0.2, 0.25) is 0 Å². The van der Waals surface area contributed by atoms with Crippen LogP contribution in [0.5, 0.6) is 5.75 Å². The van der Waals surface area contributed by atoms with Gasteiger partial charge in [-0.1, -0.05) is 48.5 Å². The van der Waals surface area contributed by atoms with Crippen molar-refractivity contribution in [2.75, 3.05) is 0 Å². The van der Waals surface area contributed by atoms with Crippen molar-refractivity contribution < 1.29 is 48.1 Å². The van der Waals surface area contributed by atoms with Crippen LogP contribution in [0.2, 0.25) is 0 Å². The second kappa shape index (κ2) is 20.9. The summed E-state index contributed by atoms with van der Waals surface area (Å²) >= 11 is 2.31. The third kappa shape index (κ3) is 12.6. The predicted octanol–water partition coefficient (Wildman–Crippen LogP) is 10.1. The van der Waals surface area contributed by atoms with Crippen LogP contribution in [0.15, 0.2) is 146 Å². The number of esters is 3. The van der Waals surface area contributed by atoms with Gasteiger partial charge < -0.3 is 14.2 Å². The summed E-state index contributed by atoms with van der Waals surface area (Å²) in [5, 5.41) is 0. The first kappa shape index (κ1) is 40.8. The molecule has 7 nitrogen and oxygen atoms in total. The van der Waals surface area contributed by atoms with Crippen LogP contribution in [-0.4, -0.2) is 30.1 Å². The Kier molecular flexibility index (Phi) is 15.8. The van der Waals surface area contributed by atoms with Gasteiger partial charge >= 0.3 is 37.4 Å². The normalized spacial score (nSPS) is 10.3. The molecule has 6 rings (SSSR count). The molecule has 0 aromatic heterocycles. The van der Waals surface area contributed by atoms with E-state index in [0.29, 0.717) is 22.4 Å². The molecule has 0 aliphatic carbocycles. The summed E-state index contributed by atoms with van der Waals surface area (Å²) in [5.41, 5.74) is 7.99. The minimum atomic E-state index is -0.401. The molecule has 0 bridgehead atoms. The molecule has 0 spiro atoms. The van der Waals surface area contributed by atoms with E-state index in [1.54, 1.807) is 48.5 Å². The Balaban J connectivity index is 0.000000273. The van der Waals surface area contributed by atoms with Crippen molar-refractivity contribution in [2.24, 2.45) is 0 Å². The van der Waals surface area contributed by atoms with Gasteiger partial charge in [0.15, 0.2) is 0 Å². The van der Waals surface area contributed by atoms with E-state index in [-0.39, 0.29) is 24.1 Å². The van der Waals surface area contributed by atoms with Gasteiger partial charge in [0.05, 0.1) is 28.9 Å². The fourth-order valence-corrected chi connectivity index (χ4v) is 5.16. The van der Waals surface area contributed by atoms with Crippen LogP contribution < -0.4 is 4.74 Å². The van der Waals surface area contributed by atoms with Crippen molar-refractivity contribution in [3.63, 3.8) is 0 Å².